The topological polar surface area (TPSA) is 76.0 Å². The Bertz CT molecular complexity index is 481. The number of aliphatic hydroxyl groups excluding tert-OH is 2. The van der Waals surface area contributed by atoms with E-state index in [4.69, 9.17) is 0 Å². The van der Waals surface area contributed by atoms with E-state index >= 15 is 0 Å². The molecule has 1 rings (SSSR count). The molecule has 0 saturated heterocycles. The molecule has 1 aromatic rings. The van der Waals surface area contributed by atoms with Gasteiger partial charge in [0.25, 0.3) is 0 Å². The van der Waals surface area contributed by atoms with Crippen LogP contribution in [0.1, 0.15) is 25.0 Å². The van der Waals surface area contributed by atoms with Gasteiger partial charge in [0.2, 0.25) is 0 Å². The standard InChI is InChI=1S/C13H15F3O5/c1-2-20-11(18)6-9(17)12(19)8-4-3-7(14)5-10(8)21-13(15)16/h3-5,9,12-13,17,19H,2,6H2,1H3. The van der Waals surface area contributed by atoms with Crippen LogP contribution in [0.3, 0.4) is 0 Å². The molecule has 0 aliphatic carbocycles. The fourth-order valence-corrected chi connectivity index (χ4v) is 1.66. The minimum absolute atomic E-state index is 0.0952. The van der Waals surface area contributed by atoms with Crippen LogP contribution < -0.4 is 4.74 Å². The van der Waals surface area contributed by atoms with Crippen LogP contribution in [-0.4, -0.2) is 35.5 Å². The third-order valence-corrected chi connectivity index (χ3v) is 2.56. The van der Waals surface area contributed by atoms with Gasteiger partial charge in [0.05, 0.1) is 19.1 Å². The highest BCUT2D eigenvalue weighted by atomic mass is 19.3. The second kappa shape index (κ2) is 7.84. The Morgan fingerprint density at radius 3 is 2.57 bits per heavy atom. The summed E-state index contributed by atoms with van der Waals surface area (Å²) in [5.41, 5.74) is -0.256. The monoisotopic (exact) mass is 308 g/mol. The minimum Gasteiger partial charge on any atom is -0.466 e. The Morgan fingerprint density at radius 1 is 1.33 bits per heavy atom. The first kappa shape index (κ1) is 17.3. The normalized spacial score (nSPS) is 13.9. The molecule has 0 spiro atoms. The van der Waals surface area contributed by atoms with Crippen molar-refractivity contribution in [3.63, 3.8) is 0 Å². The fraction of sp³-hybridized carbons (Fsp3) is 0.462. The zero-order valence-electron chi connectivity index (χ0n) is 11.1. The van der Waals surface area contributed by atoms with E-state index in [1.165, 1.54) is 0 Å². The number of aliphatic hydroxyl groups is 2. The third-order valence-electron chi connectivity index (χ3n) is 2.56. The molecule has 5 nitrogen and oxygen atoms in total. The quantitative estimate of drug-likeness (QED) is 0.751. The number of alkyl halides is 2. The Hall–Kier alpha value is -1.80. The van der Waals surface area contributed by atoms with E-state index in [0.29, 0.717) is 6.07 Å². The molecule has 0 bridgehead atoms. The highest BCUT2D eigenvalue weighted by molar-refractivity contribution is 5.70. The molecule has 0 amide bonds. The summed E-state index contributed by atoms with van der Waals surface area (Å²) >= 11 is 0. The average Bonchev–Trinajstić information content (AvgIpc) is 2.37. The van der Waals surface area contributed by atoms with Gasteiger partial charge >= 0.3 is 12.6 Å². The lowest BCUT2D eigenvalue weighted by molar-refractivity contribution is -0.147. The van der Waals surface area contributed by atoms with Crippen molar-refractivity contribution >= 4 is 5.97 Å². The smallest absolute Gasteiger partial charge is 0.387 e. The van der Waals surface area contributed by atoms with Gasteiger partial charge in [-0.05, 0) is 19.1 Å². The summed E-state index contributed by atoms with van der Waals surface area (Å²) in [5, 5.41) is 19.6. The van der Waals surface area contributed by atoms with Crippen molar-refractivity contribution in [1.82, 2.24) is 0 Å². The lowest BCUT2D eigenvalue weighted by atomic mass is 10.0. The van der Waals surface area contributed by atoms with Crippen LogP contribution in [-0.2, 0) is 9.53 Å². The molecule has 0 aromatic heterocycles. The van der Waals surface area contributed by atoms with E-state index in [-0.39, 0.29) is 12.2 Å². The van der Waals surface area contributed by atoms with Crippen molar-refractivity contribution in [3.05, 3.63) is 29.6 Å². The van der Waals surface area contributed by atoms with Crippen LogP contribution in [0.5, 0.6) is 5.75 Å². The number of halogens is 3. The number of carbonyl (C=O) groups excluding carboxylic acids is 1. The molecule has 2 atom stereocenters. The van der Waals surface area contributed by atoms with Gasteiger partial charge in [0.1, 0.15) is 17.7 Å². The Kier molecular flexibility index (Phi) is 6.44. The van der Waals surface area contributed by atoms with Crippen molar-refractivity contribution < 1.29 is 37.7 Å². The molecule has 0 aliphatic rings. The maximum Gasteiger partial charge on any atom is 0.387 e. The predicted octanol–water partition coefficient (Wildman–Crippen LogP) is 1.77. The van der Waals surface area contributed by atoms with E-state index in [1.54, 1.807) is 6.92 Å². The summed E-state index contributed by atoms with van der Waals surface area (Å²) in [6, 6.07) is 2.56. The average molecular weight is 308 g/mol. The number of esters is 1. The molecule has 2 unspecified atom stereocenters. The summed E-state index contributed by atoms with van der Waals surface area (Å²) in [4.78, 5) is 11.2. The van der Waals surface area contributed by atoms with Crippen LogP contribution in [0, 0.1) is 5.82 Å². The van der Waals surface area contributed by atoms with E-state index < -0.39 is 42.8 Å². The summed E-state index contributed by atoms with van der Waals surface area (Å²) in [7, 11) is 0. The molecule has 8 heteroatoms. The SMILES string of the molecule is CCOC(=O)CC(O)C(O)c1ccc(F)cc1OC(F)F. The summed E-state index contributed by atoms with van der Waals surface area (Å²) < 4.78 is 46.2. The molecule has 21 heavy (non-hydrogen) atoms. The van der Waals surface area contributed by atoms with Crippen LogP contribution in [0.25, 0.3) is 0 Å². The maximum atomic E-state index is 13.0. The molecule has 118 valence electrons. The molecule has 0 fully saturated rings. The van der Waals surface area contributed by atoms with Crippen molar-refractivity contribution in [3.8, 4) is 5.75 Å². The highest BCUT2D eigenvalue weighted by Crippen LogP contribution is 2.30. The fourth-order valence-electron chi connectivity index (χ4n) is 1.66. The number of ether oxygens (including phenoxy) is 2. The number of carbonyl (C=O) groups is 1. The van der Waals surface area contributed by atoms with Crippen LogP contribution in [0.15, 0.2) is 18.2 Å². The zero-order valence-corrected chi connectivity index (χ0v) is 11.1. The lowest BCUT2D eigenvalue weighted by Gasteiger charge is -2.20. The van der Waals surface area contributed by atoms with Crippen LogP contribution in [0.2, 0.25) is 0 Å². The second-order valence-corrected chi connectivity index (χ2v) is 4.08. The molecular formula is C13H15F3O5. The van der Waals surface area contributed by atoms with Gasteiger partial charge in [-0.2, -0.15) is 8.78 Å². The van der Waals surface area contributed by atoms with Crippen molar-refractivity contribution in [1.29, 1.82) is 0 Å². The third kappa shape index (κ3) is 5.24. The van der Waals surface area contributed by atoms with Crippen LogP contribution >= 0.6 is 0 Å². The van der Waals surface area contributed by atoms with Gasteiger partial charge in [-0.3, -0.25) is 4.79 Å². The lowest BCUT2D eigenvalue weighted by Crippen LogP contribution is -2.24. The van der Waals surface area contributed by atoms with Gasteiger partial charge < -0.3 is 19.7 Å². The van der Waals surface area contributed by atoms with Crippen molar-refractivity contribution in [2.45, 2.75) is 32.2 Å². The molecule has 0 aliphatic heterocycles. The first-order valence-electron chi connectivity index (χ1n) is 6.11. The van der Waals surface area contributed by atoms with Gasteiger partial charge in [0, 0.05) is 11.6 Å². The largest absolute Gasteiger partial charge is 0.466 e. The maximum absolute atomic E-state index is 13.0. The summed E-state index contributed by atoms with van der Waals surface area (Å²) in [6.07, 6.45) is -3.85. The molecule has 1 aromatic carbocycles. The molecular weight excluding hydrogens is 293 g/mol. The van der Waals surface area contributed by atoms with Crippen molar-refractivity contribution in [2.24, 2.45) is 0 Å². The van der Waals surface area contributed by atoms with E-state index in [1.807, 2.05) is 0 Å². The van der Waals surface area contributed by atoms with E-state index in [9.17, 15) is 28.2 Å². The van der Waals surface area contributed by atoms with Gasteiger partial charge in [-0.15, -0.1) is 0 Å². The van der Waals surface area contributed by atoms with E-state index in [0.717, 1.165) is 12.1 Å². The van der Waals surface area contributed by atoms with Crippen molar-refractivity contribution in [2.75, 3.05) is 6.61 Å². The Morgan fingerprint density at radius 2 is 2.00 bits per heavy atom. The summed E-state index contributed by atoms with van der Waals surface area (Å²) in [5.74, 6) is -2.22. The van der Waals surface area contributed by atoms with Gasteiger partial charge in [0.15, 0.2) is 0 Å². The zero-order chi connectivity index (χ0) is 16.0. The number of rotatable bonds is 7. The Balaban J connectivity index is 2.89. The molecule has 0 saturated carbocycles. The first-order valence-corrected chi connectivity index (χ1v) is 6.11. The van der Waals surface area contributed by atoms with Gasteiger partial charge in [-0.25, -0.2) is 4.39 Å². The number of benzene rings is 1. The molecule has 0 heterocycles. The van der Waals surface area contributed by atoms with Crippen LogP contribution in [0.4, 0.5) is 13.2 Å². The van der Waals surface area contributed by atoms with E-state index in [2.05, 4.69) is 9.47 Å². The summed E-state index contributed by atoms with van der Waals surface area (Å²) in [6.45, 7) is -1.56. The Labute approximate surface area is 118 Å². The first-order chi connectivity index (χ1) is 9.85. The molecule has 2 N–H and O–H groups in total. The second-order valence-electron chi connectivity index (χ2n) is 4.08. The predicted molar refractivity (Wildman–Crippen MR) is 65.2 cm³/mol. The molecule has 0 radical (unpaired) electrons. The minimum atomic E-state index is -3.22. The highest BCUT2D eigenvalue weighted by Gasteiger charge is 2.26. The number of hydrogen-bond acceptors (Lipinski definition) is 5. The van der Waals surface area contributed by atoms with Gasteiger partial charge in [-0.1, -0.05) is 0 Å². The number of hydrogen-bond donors (Lipinski definition) is 2.